The predicted octanol–water partition coefficient (Wildman–Crippen LogP) is 4.85. The maximum Gasteiger partial charge on any atom is 0.224 e. The van der Waals surface area contributed by atoms with Gasteiger partial charge in [0, 0.05) is 36.1 Å². The van der Waals surface area contributed by atoms with Crippen LogP contribution in [0.25, 0.3) is 28.1 Å². The van der Waals surface area contributed by atoms with Crippen molar-refractivity contribution in [2.45, 2.75) is 19.8 Å². The third-order valence-electron chi connectivity index (χ3n) is 6.54. The van der Waals surface area contributed by atoms with E-state index in [1.54, 1.807) is 24.3 Å². The molecule has 5 aromatic rings. The zero-order chi connectivity index (χ0) is 24.3. The summed E-state index contributed by atoms with van der Waals surface area (Å²) in [6.45, 7) is 4.08. The predicted molar refractivity (Wildman–Crippen MR) is 131 cm³/mol. The molecular weight excluding hydrogens is 440 g/mol. The Morgan fingerprint density at radius 2 is 1.91 bits per heavy atom. The Labute approximate surface area is 201 Å². The maximum atomic E-state index is 10.1. The van der Waals surface area contributed by atoms with Crippen LogP contribution < -0.4 is 10.5 Å². The number of fused-ring (bicyclic) bond motifs is 2. The van der Waals surface area contributed by atoms with E-state index in [0.29, 0.717) is 22.9 Å². The molecule has 2 N–H and O–H groups in total. The molecule has 35 heavy (non-hydrogen) atoms. The molecule has 1 aliphatic heterocycles. The Bertz CT molecular complexity index is 1660. The summed E-state index contributed by atoms with van der Waals surface area (Å²) in [6, 6.07) is 16.3. The molecule has 0 spiro atoms. The molecule has 6 rings (SSSR count). The molecule has 4 heterocycles. The highest BCUT2D eigenvalue weighted by atomic mass is 16.5. The summed E-state index contributed by atoms with van der Waals surface area (Å²) in [6.07, 6.45) is 5.35. The molecular formula is C27H22N6O2. The third kappa shape index (κ3) is 3.13. The molecule has 2 aromatic carbocycles. The highest BCUT2D eigenvalue weighted by Crippen LogP contribution is 2.48. The van der Waals surface area contributed by atoms with Gasteiger partial charge in [0.05, 0.1) is 17.8 Å². The first kappa shape index (κ1) is 20.8. The zero-order valence-corrected chi connectivity index (χ0v) is 19.5. The number of hydrogen-bond donors (Lipinski definition) is 1. The van der Waals surface area contributed by atoms with Crippen molar-refractivity contribution >= 4 is 11.0 Å². The van der Waals surface area contributed by atoms with Crippen LogP contribution in [0, 0.1) is 25.2 Å². The van der Waals surface area contributed by atoms with Crippen LogP contribution in [-0.2, 0) is 7.05 Å². The smallest absolute Gasteiger partial charge is 0.224 e. The number of aryl methyl sites for hydroxylation is 3. The highest BCUT2D eigenvalue weighted by molar-refractivity contribution is 5.88. The van der Waals surface area contributed by atoms with E-state index in [1.165, 1.54) is 0 Å². The van der Waals surface area contributed by atoms with Gasteiger partial charge in [0.25, 0.3) is 0 Å². The molecule has 8 nitrogen and oxygen atoms in total. The molecule has 3 aromatic heterocycles. The van der Waals surface area contributed by atoms with Gasteiger partial charge >= 0.3 is 0 Å². The molecule has 1 aliphatic rings. The number of furan rings is 1. The number of benzene rings is 2. The summed E-state index contributed by atoms with van der Waals surface area (Å²) in [5.74, 6) is 0.772. The highest BCUT2D eigenvalue weighted by Gasteiger charge is 2.38. The fraction of sp³-hybridized carbons (Fsp3) is 0.148. The number of ether oxygens (including phenoxy) is 1. The Morgan fingerprint density at radius 3 is 2.63 bits per heavy atom. The first-order valence-electron chi connectivity index (χ1n) is 11.2. The molecule has 0 radical (unpaired) electrons. The van der Waals surface area contributed by atoms with Gasteiger partial charge in [0.15, 0.2) is 5.76 Å². The van der Waals surface area contributed by atoms with E-state index in [2.05, 4.69) is 24.0 Å². The van der Waals surface area contributed by atoms with Crippen molar-refractivity contribution < 1.29 is 9.15 Å². The second-order valence-electron chi connectivity index (χ2n) is 8.73. The largest absolute Gasteiger partial charge is 0.454 e. The van der Waals surface area contributed by atoms with Crippen molar-refractivity contribution in [3.8, 4) is 29.1 Å². The van der Waals surface area contributed by atoms with Crippen LogP contribution in [0.2, 0.25) is 0 Å². The van der Waals surface area contributed by atoms with Crippen LogP contribution in [-0.4, -0.2) is 19.3 Å². The normalized spacial score (nSPS) is 15.2. The fourth-order valence-corrected chi connectivity index (χ4v) is 4.78. The minimum Gasteiger partial charge on any atom is -0.454 e. The van der Waals surface area contributed by atoms with E-state index in [0.717, 1.165) is 38.9 Å². The van der Waals surface area contributed by atoms with Crippen molar-refractivity contribution in [1.29, 1.82) is 5.26 Å². The van der Waals surface area contributed by atoms with Gasteiger partial charge in [-0.3, -0.25) is 0 Å². The summed E-state index contributed by atoms with van der Waals surface area (Å²) in [4.78, 5) is 4.11. The first-order chi connectivity index (χ1) is 17.0. The maximum absolute atomic E-state index is 10.1. The summed E-state index contributed by atoms with van der Waals surface area (Å²) >= 11 is 0. The quantitative estimate of drug-likeness (QED) is 0.410. The van der Waals surface area contributed by atoms with Gasteiger partial charge in [-0.25, -0.2) is 9.67 Å². The average Bonchev–Trinajstić information content (AvgIpc) is 3.58. The summed E-state index contributed by atoms with van der Waals surface area (Å²) in [5.41, 5.74) is 12.7. The fourth-order valence-electron chi connectivity index (χ4n) is 4.78. The van der Waals surface area contributed by atoms with Crippen LogP contribution >= 0.6 is 0 Å². The second-order valence-corrected chi connectivity index (χ2v) is 8.73. The van der Waals surface area contributed by atoms with Crippen molar-refractivity contribution in [2.24, 2.45) is 12.8 Å². The number of hydrogen-bond acceptors (Lipinski definition) is 6. The molecule has 0 amide bonds. The minimum absolute atomic E-state index is 0.0789. The minimum atomic E-state index is -0.460. The lowest BCUT2D eigenvalue weighted by Crippen LogP contribution is -2.21. The molecule has 0 bridgehead atoms. The molecule has 1 atom stereocenters. The molecule has 0 saturated heterocycles. The van der Waals surface area contributed by atoms with Crippen LogP contribution in [0.15, 0.2) is 77.1 Å². The Balaban J connectivity index is 1.56. The molecule has 172 valence electrons. The van der Waals surface area contributed by atoms with E-state index in [-0.39, 0.29) is 5.88 Å². The zero-order valence-electron chi connectivity index (χ0n) is 19.5. The second kappa shape index (κ2) is 7.64. The molecule has 0 fully saturated rings. The van der Waals surface area contributed by atoms with E-state index in [4.69, 9.17) is 20.0 Å². The molecule has 8 heteroatoms. The first-order valence-corrected chi connectivity index (χ1v) is 11.2. The van der Waals surface area contributed by atoms with Crippen LogP contribution in [0.1, 0.15) is 28.2 Å². The van der Waals surface area contributed by atoms with Crippen LogP contribution in [0.3, 0.4) is 0 Å². The summed E-state index contributed by atoms with van der Waals surface area (Å²) < 4.78 is 15.8. The summed E-state index contributed by atoms with van der Waals surface area (Å²) in [5, 5.41) is 15.9. The Kier molecular flexibility index (Phi) is 4.54. The number of aromatic nitrogens is 4. The van der Waals surface area contributed by atoms with Gasteiger partial charge in [-0.15, -0.1) is 0 Å². The number of allylic oxidation sites excluding steroid dienone is 1. The Morgan fingerprint density at radius 1 is 1.11 bits per heavy atom. The number of nitriles is 1. The SMILES string of the molecule is Cc1ccc2oc(-c3nn(C)c4c3C(c3ccc(-n5ccnc5)cc3)C(C#N)=C(N)O4)c(C)c2c1. The number of nitrogens with zero attached hydrogens (tertiary/aromatic N) is 5. The molecule has 1 unspecified atom stereocenters. The van der Waals surface area contributed by atoms with Gasteiger partial charge < -0.3 is 19.5 Å². The van der Waals surface area contributed by atoms with E-state index in [9.17, 15) is 5.26 Å². The molecule has 0 aliphatic carbocycles. The van der Waals surface area contributed by atoms with Crippen molar-refractivity contribution in [1.82, 2.24) is 19.3 Å². The van der Waals surface area contributed by atoms with E-state index < -0.39 is 5.92 Å². The van der Waals surface area contributed by atoms with E-state index in [1.807, 2.05) is 54.1 Å². The van der Waals surface area contributed by atoms with Crippen LogP contribution in [0.5, 0.6) is 5.88 Å². The Hall–Kier alpha value is -4.77. The number of rotatable bonds is 3. The number of nitrogens with two attached hydrogens (primary N) is 1. The topological polar surface area (TPSA) is 108 Å². The average molecular weight is 463 g/mol. The standard InChI is InChI=1S/C27H22N6O2/c1-15-4-9-21-19(12-15)16(2)25(34-21)24-23-22(20(13-28)26(29)35-27(23)32(3)31-24)17-5-7-18(8-6-17)33-11-10-30-14-33/h4-12,14,22H,29H2,1-3H3. The lowest BCUT2D eigenvalue weighted by Gasteiger charge is -2.24. The van der Waals surface area contributed by atoms with Gasteiger partial charge in [0.1, 0.15) is 22.9 Å². The van der Waals surface area contributed by atoms with Crippen molar-refractivity contribution in [2.75, 3.05) is 0 Å². The third-order valence-corrected chi connectivity index (χ3v) is 6.54. The van der Waals surface area contributed by atoms with Gasteiger partial charge in [-0.1, -0.05) is 23.8 Å². The van der Waals surface area contributed by atoms with Gasteiger partial charge in [0.2, 0.25) is 11.8 Å². The van der Waals surface area contributed by atoms with Crippen molar-refractivity contribution in [3.63, 3.8) is 0 Å². The van der Waals surface area contributed by atoms with Crippen LogP contribution in [0.4, 0.5) is 0 Å². The van der Waals surface area contributed by atoms with Crippen molar-refractivity contribution in [3.05, 3.63) is 94.9 Å². The lowest BCUT2D eigenvalue weighted by molar-refractivity contribution is 0.358. The molecule has 0 saturated carbocycles. The van der Waals surface area contributed by atoms with Gasteiger partial charge in [-0.2, -0.15) is 10.4 Å². The van der Waals surface area contributed by atoms with E-state index >= 15 is 0 Å². The number of imidazole rings is 1. The summed E-state index contributed by atoms with van der Waals surface area (Å²) in [7, 11) is 1.80. The lowest BCUT2D eigenvalue weighted by atomic mass is 9.83. The monoisotopic (exact) mass is 462 g/mol. The van der Waals surface area contributed by atoms with Gasteiger partial charge in [-0.05, 0) is 43.7 Å².